The summed E-state index contributed by atoms with van der Waals surface area (Å²) >= 11 is 0. The smallest absolute Gasteiger partial charge is 0.472 e. The van der Waals surface area contributed by atoms with Gasteiger partial charge in [-0.1, -0.05) is 146 Å². The predicted octanol–water partition coefficient (Wildman–Crippen LogP) is 11.9. The molecule has 0 aromatic heterocycles. The number of phosphoric acid groups is 1. The molecule has 3 unspecified atom stereocenters. The Morgan fingerprint density at radius 3 is 1.55 bits per heavy atom. The van der Waals surface area contributed by atoms with Gasteiger partial charge in [-0.05, 0) is 77.0 Å². The molecule has 320 valence electrons. The molecule has 0 radical (unpaired) electrons. The number of unbranched alkanes of at least 4 members (excludes halogenated alkanes) is 19. The molecule has 55 heavy (non-hydrogen) atoms. The Kier molecular flexibility index (Phi) is 38.6. The van der Waals surface area contributed by atoms with E-state index in [1.807, 2.05) is 0 Å². The van der Waals surface area contributed by atoms with Gasteiger partial charge in [0.25, 0.3) is 0 Å². The monoisotopic (exact) mass is 798 g/mol. The summed E-state index contributed by atoms with van der Waals surface area (Å²) < 4.78 is 33.3. The molecule has 0 fully saturated rings. The number of phosphoric ester groups is 1. The first-order valence-electron chi connectivity index (χ1n) is 21.7. The molecule has 0 aromatic carbocycles. The number of esters is 1. The SMILES string of the molecule is CCCCC/C=C\C/C=C\C/C=C\CCCCCCCCC(=O)OC(COCCCCCCCC/C=C\CCCCCC)COP(=O)(O)OCC(N)C(=O)O. The van der Waals surface area contributed by atoms with E-state index in [0.717, 1.165) is 77.0 Å². The van der Waals surface area contributed by atoms with Crippen LogP contribution in [-0.4, -0.2) is 60.5 Å². The molecule has 0 aromatic rings. The maximum absolute atomic E-state index is 12.6. The summed E-state index contributed by atoms with van der Waals surface area (Å²) in [6, 6.07) is -1.48. The van der Waals surface area contributed by atoms with Crippen LogP contribution in [0.5, 0.6) is 0 Å². The van der Waals surface area contributed by atoms with Crippen LogP contribution >= 0.6 is 7.82 Å². The zero-order valence-corrected chi connectivity index (χ0v) is 35.7. The number of aliphatic carboxylic acids is 1. The number of nitrogens with two attached hydrogens (primary N) is 1. The predicted molar refractivity (Wildman–Crippen MR) is 226 cm³/mol. The molecule has 4 N–H and O–H groups in total. The van der Waals surface area contributed by atoms with E-state index in [0.29, 0.717) is 13.0 Å². The summed E-state index contributed by atoms with van der Waals surface area (Å²) in [6.45, 7) is 3.81. The van der Waals surface area contributed by atoms with Crippen LogP contribution in [0.25, 0.3) is 0 Å². The number of hydrogen-bond donors (Lipinski definition) is 3. The molecule has 11 heteroatoms. The second kappa shape index (κ2) is 40.1. The van der Waals surface area contributed by atoms with Gasteiger partial charge in [-0.2, -0.15) is 0 Å². The van der Waals surface area contributed by atoms with E-state index >= 15 is 0 Å². The molecular weight excluding hydrogens is 717 g/mol. The van der Waals surface area contributed by atoms with Gasteiger partial charge in [0, 0.05) is 13.0 Å². The lowest BCUT2D eigenvalue weighted by Crippen LogP contribution is -2.34. The molecule has 10 nitrogen and oxygen atoms in total. The van der Waals surface area contributed by atoms with Gasteiger partial charge in [0.1, 0.15) is 12.1 Å². The normalized spacial score (nSPS) is 14.4. The molecule has 0 rings (SSSR count). The van der Waals surface area contributed by atoms with Crippen molar-refractivity contribution in [3.05, 3.63) is 48.6 Å². The molecule has 0 bridgehead atoms. The van der Waals surface area contributed by atoms with Gasteiger partial charge < -0.3 is 25.2 Å². The number of carbonyl (C=O) groups is 2. The van der Waals surface area contributed by atoms with Gasteiger partial charge in [-0.15, -0.1) is 0 Å². The summed E-state index contributed by atoms with van der Waals surface area (Å²) in [6.07, 6.45) is 45.8. The van der Waals surface area contributed by atoms with Crippen molar-refractivity contribution >= 4 is 19.8 Å². The molecule has 0 saturated carbocycles. The molecule has 0 aliphatic heterocycles. The number of allylic oxidation sites excluding steroid dienone is 8. The second-order valence-corrected chi connectivity index (χ2v) is 15.9. The summed E-state index contributed by atoms with van der Waals surface area (Å²) in [5, 5.41) is 8.89. The van der Waals surface area contributed by atoms with Gasteiger partial charge in [-0.3, -0.25) is 18.6 Å². The molecule has 0 aliphatic rings. The molecule has 0 spiro atoms. The summed E-state index contributed by atoms with van der Waals surface area (Å²) in [5.41, 5.74) is 5.35. The zero-order valence-electron chi connectivity index (χ0n) is 34.8. The first-order valence-corrected chi connectivity index (χ1v) is 23.2. The molecule has 0 amide bonds. The lowest BCUT2D eigenvalue weighted by atomic mass is 10.1. The van der Waals surface area contributed by atoms with Crippen LogP contribution in [0.15, 0.2) is 48.6 Å². The minimum absolute atomic E-state index is 0.00638. The standard InChI is InChI=1S/C44H80NO9P/c1-3-5-7-9-11-13-15-17-19-20-21-22-23-24-26-28-30-32-34-36-43(46)54-41(39-52-55(49,50)53-40-42(45)44(47)48)38-51-37-35-33-31-29-27-25-18-16-14-12-10-8-6-4-2/h11,13-14,16-17,19,21-22,41-42H,3-10,12,15,18,20,23-40,45H2,1-2H3,(H,47,48)(H,49,50)/b13-11-,16-14-,19-17-,22-21-. The van der Waals surface area contributed by atoms with Gasteiger partial charge >= 0.3 is 19.8 Å². The fourth-order valence-corrected chi connectivity index (χ4v) is 6.44. The van der Waals surface area contributed by atoms with Gasteiger partial charge in [-0.25, -0.2) is 4.57 Å². The molecule has 0 aliphatic carbocycles. The van der Waals surface area contributed by atoms with Crippen molar-refractivity contribution in [1.29, 1.82) is 0 Å². The first kappa shape index (κ1) is 52.9. The van der Waals surface area contributed by atoms with E-state index in [1.54, 1.807) is 0 Å². The average molecular weight is 798 g/mol. The highest BCUT2D eigenvalue weighted by Crippen LogP contribution is 2.43. The van der Waals surface area contributed by atoms with Crippen LogP contribution in [0.3, 0.4) is 0 Å². The van der Waals surface area contributed by atoms with E-state index in [-0.39, 0.29) is 13.0 Å². The van der Waals surface area contributed by atoms with Crippen LogP contribution in [0.4, 0.5) is 0 Å². The molecular formula is C44H80NO9P. The Hall–Kier alpha value is -2.07. The van der Waals surface area contributed by atoms with Crippen LogP contribution in [0, 0.1) is 0 Å². The minimum Gasteiger partial charge on any atom is -0.480 e. The summed E-state index contributed by atoms with van der Waals surface area (Å²) in [5.74, 6) is -1.80. The Bertz CT molecular complexity index is 1060. The van der Waals surface area contributed by atoms with Crippen molar-refractivity contribution in [3.63, 3.8) is 0 Å². The van der Waals surface area contributed by atoms with Crippen LogP contribution in [0.1, 0.15) is 181 Å². The van der Waals surface area contributed by atoms with Crippen molar-refractivity contribution in [3.8, 4) is 0 Å². The highest BCUT2D eigenvalue weighted by atomic mass is 31.2. The third-order valence-corrected chi connectivity index (χ3v) is 10.0. The Balaban J connectivity index is 4.28. The third kappa shape index (κ3) is 39.9. The first-order chi connectivity index (χ1) is 26.7. The van der Waals surface area contributed by atoms with Crippen LogP contribution in [-0.2, 0) is 32.7 Å². The van der Waals surface area contributed by atoms with Crippen molar-refractivity contribution in [2.75, 3.05) is 26.4 Å². The fourth-order valence-electron chi connectivity index (χ4n) is 5.66. The van der Waals surface area contributed by atoms with Gasteiger partial charge in [0.05, 0.1) is 19.8 Å². The Morgan fingerprint density at radius 2 is 1.00 bits per heavy atom. The van der Waals surface area contributed by atoms with E-state index in [9.17, 15) is 19.0 Å². The molecule has 3 atom stereocenters. The number of carbonyl (C=O) groups excluding carboxylic acids is 1. The van der Waals surface area contributed by atoms with Crippen LogP contribution in [0.2, 0.25) is 0 Å². The number of carboxylic acid groups (broad SMARTS) is 1. The molecule has 0 heterocycles. The van der Waals surface area contributed by atoms with Gasteiger partial charge in [0.2, 0.25) is 0 Å². The van der Waals surface area contributed by atoms with E-state index in [1.165, 1.54) is 77.0 Å². The fraction of sp³-hybridized carbons (Fsp3) is 0.773. The van der Waals surface area contributed by atoms with E-state index in [2.05, 4.69) is 62.5 Å². The lowest BCUT2D eigenvalue weighted by Gasteiger charge is -2.20. The highest BCUT2D eigenvalue weighted by Gasteiger charge is 2.27. The number of rotatable bonds is 41. The largest absolute Gasteiger partial charge is 0.480 e. The van der Waals surface area contributed by atoms with Crippen molar-refractivity contribution in [2.45, 2.75) is 193 Å². The van der Waals surface area contributed by atoms with Crippen molar-refractivity contribution in [1.82, 2.24) is 0 Å². The van der Waals surface area contributed by atoms with E-state index in [4.69, 9.17) is 29.4 Å². The topological polar surface area (TPSA) is 155 Å². The average Bonchev–Trinajstić information content (AvgIpc) is 3.16. The molecule has 0 saturated heterocycles. The Labute approximate surface area is 335 Å². The number of hydrogen-bond acceptors (Lipinski definition) is 8. The summed E-state index contributed by atoms with van der Waals surface area (Å²) in [7, 11) is -4.62. The summed E-state index contributed by atoms with van der Waals surface area (Å²) in [4.78, 5) is 33.5. The third-order valence-electron chi connectivity index (χ3n) is 9.08. The zero-order chi connectivity index (χ0) is 40.5. The maximum atomic E-state index is 12.6. The van der Waals surface area contributed by atoms with Crippen molar-refractivity contribution < 1.29 is 42.7 Å². The minimum atomic E-state index is -4.62. The highest BCUT2D eigenvalue weighted by molar-refractivity contribution is 7.47. The quantitative estimate of drug-likeness (QED) is 0.0236. The van der Waals surface area contributed by atoms with Crippen molar-refractivity contribution in [2.24, 2.45) is 5.73 Å². The van der Waals surface area contributed by atoms with Gasteiger partial charge in [0.15, 0.2) is 0 Å². The van der Waals surface area contributed by atoms with Crippen LogP contribution < -0.4 is 5.73 Å². The number of carboxylic acids is 1. The second-order valence-electron chi connectivity index (χ2n) is 14.5. The van der Waals surface area contributed by atoms with E-state index < -0.39 is 45.1 Å². The number of ether oxygens (including phenoxy) is 2. The maximum Gasteiger partial charge on any atom is 0.472 e. The lowest BCUT2D eigenvalue weighted by molar-refractivity contribution is -0.154. The Morgan fingerprint density at radius 1 is 0.582 bits per heavy atom.